The fourth-order valence-electron chi connectivity index (χ4n) is 9.17. The van der Waals surface area contributed by atoms with E-state index in [0.717, 1.165) is 34.1 Å². The number of nitrogens with one attached hydrogen (secondary N) is 2. The minimum absolute atomic E-state index is 0. The molecule has 8 bridgehead atoms. The Morgan fingerprint density at radius 1 is 0.375 bits per heavy atom. The van der Waals surface area contributed by atoms with Gasteiger partial charge in [0, 0.05) is 44.2 Å². The molecule has 20 nitrogen and oxygen atoms in total. The van der Waals surface area contributed by atoms with E-state index in [9.17, 15) is 45.1 Å². The molecule has 5 aliphatic rings. The molecular formula is C48H22K2N10O10S2. The number of aromatic nitrogens is 8. The molecule has 0 aliphatic carbocycles. The van der Waals surface area contributed by atoms with Crippen molar-refractivity contribution in [3.8, 4) is 68.3 Å². The molecule has 0 fully saturated rings. The third-order valence-electron chi connectivity index (χ3n) is 12.4. The zero-order valence-electron chi connectivity index (χ0n) is 37.0. The van der Waals surface area contributed by atoms with E-state index in [0.29, 0.717) is 21.9 Å². The summed E-state index contributed by atoms with van der Waals surface area (Å²) in [6, 6.07) is 29.3. The number of amides is 4. The second-order valence-corrected chi connectivity index (χ2v) is 19.1. The average Bonchev–Trinajstić information content (AvgIpc) is 4.16. The number of aromatic amines is 2. The van der Waals surface area contributed by atoms with Crippen molar-refractivity contribution in [2.75, 3.05) is 9.80 Å². The van der Waals surface area contributed by atoms with Crippen LogP contribution in [0.15, 0.2) is 131 Å². The molecule has 0 unspecified atom stereocenters. The van der Waals surface area contributed by atoms with Crippen LogP contribution in [-0.2, 0) is 20.2 Å². The van der Waals surface area contributed by atoms with Gasteiger partial charge >= 0.3 is 103 Å². The van der Waals surface area contributed by atoms with Crippen LogP contribution in [0.1, 0.15) is 41.4 Å². The first kappa shape index (κ1) is 48.3. The maximum absolute atomic E-state index is 13.7. The van der Waals surface area contributed by atoms with Crippen molar-refractivity contribution in [3.05, 3.63) is 144 Å². The minimum atomic E-state index is -4.99. The first-order chi connectivity index (χ1) is 33.6. The van der Waals surface area contributed by atoms with Gasteiger partial charge in [-0.1, -0.05) is 24.3 Å². The van der Waals surface area contributed by atoms with Gasteiger partial charge in [-0.15, -0.1) is 0 Å². The molecule has 0 saturated heterocycles. The van der Waals surface area contributed by atoms with Crippen molar-refractivity contribution in [2.24, 2.45) is 0 Å². The number of fused-ring (bicyclic) bond motifs is 22. The summed E-state index contributed by atoms with van der Waals surface area (Å²) < 4.78 is 74.0. The van der Waals surface area contributed by atoms with E-state index in [2.05, 4.69) is 9.97 Å². The third-order valence-corrected chi connectivity index (χ3v) is 14.1. The molecule has 2 aromatic heterocycles. The Kier molecular flexibility index (Phi) is 11.6. The van der Waals surface area contributed by atoms with Crippen LogP contribution in [0.2, 0.25) is 0 Å². The predicted molar refractivity (Wildman–Crippen MR) is 245 cm³/mol. The molecule has 5 aliphatic heterocycles. The van der Waals surface area contributed by atoms with E-state index in [1.54, 1.807) is 84.9 Å². The first-order valence-electron chi connectivity index (χ1n) is 20.9. The van der Waals surface area contributed by atoms with Crippen LogP contribution in [0, 0.1) is 0 Å². The summed E-state index contributed by atoms with van der Waals surface area (Å²) in [6.45, 7) is 0. The molecule has 4 amide bonds. The second kappa shape index (κ2) is 17.3. The number of imide groups is 2. The van der Waals surface area contributed by atoms with E-state index >= 15 is 0 Å². The van der Waals surface area contributed by atoms with Crippen LogP contribution in [0.5, 0.6) is 0 Å². The summed E-state index contributed by atoms with van der Waals surface area (Å²) in [5, 5.41) is 0.720. The van der Waals surface area contributed by atoms with Gasteiger partial charge in [0.2, 0.25) is 0 Å². The molecule has 13 rings (SSSR count). The zero-order valence-corrected chi connectivity index (χ0v) is 44.9. The monoisotopic (exact) mass is 1040 g/mol. The number of nitrogens with zero attached hydrogens (tertiary/aromatic N) is 8. The molecule has 338 valence electrons. The molecule has 8 aromatic rings. The summed E-state index contributed by atoms with van der Waals surface area (Å²) in [5.74, 6) is -2.32. The molecule has 0 radical (unpaired) electrons. The standard InChI is InChI=1S/C48H24N10O10S2.2K/c59-45-29-5-1-2-6-30(29)46(60)57(45)21-9-13-25-33(17-21)42-50-37(25)49-41-34-18-22(58-47(61)31-7-3-4-8-32(31)48(58)62)10-14-26(34)38(51-41)53-43-36-20-24(70(66,67)68)12-16-28(36)40(55-43)56-44-35-19-23(69(63,64)65)11-15-27(35)39(52-42)54-44;;/h1-20H,(H,63,64,65)(H,66,67,68)(H2,49,50,51,52,53,54,55,56);;/q;2*+1/p-2. The zero-order chi connectivity index (χ0) is 48.1. The van der Waals surface area contributed by atoms with Crippen LogP contribution >= 0.6 is 0 Å². The maximum atomic E-state index is 13.7. The number of carbonyl (C=O) groups excluding carboxylic acids is 4. The quantitative estimate of drug-likeness (QED) is 0.135. The molecular weight excluding hydrogens is 1020 g/mol. The molecule has 0 atom stereocenters. The van der Waals surface area contributed by atoms with Crippen molar-refractivity contribution in [1.82, 2.24) is 39.9 Å². The normalized spacial score (nSPS) is 13.8. The van der Waals surface area contributed by atoms with Crippen LogP contribution < -0.4 is 113 Å². The molecule has 72 heavy (non-hydrogen) atoms. The topological polar surface area (TPSA) is 298 Å². The number of anilines is 2. The van der Waals surface area contributed by atoms with Crippen LogP contribution in [0.25, 0.3) is 90.4 Å². The fraction of sp³-hybridized carbons (Fsp3) is 0. The predicted octanol–water partition coefficient (Wildman–Crippen LogP) is 0.190. The summed E-state index contributed by atoms with van der Waals surface area (Å²) in [5.41, 5.74) is 2.82. The summed E-state index contributed by atoms with van der Waals surface area (Å²) >= 11 is 0. The Hall–Kier alpha value is -5.95. The molecule has 7 heterocycles. The number of benzene rings is 6. The largest absolute Gasteiger partial charge is 1.00 e. The molecule has 6 aromatic carbocycles. The third kappa shape index (κ3) is 7.52. The van der Waals surface area contributed by atoms with Gasteiger partial charge < -0.3 is 19.1 Å². The van der Waals surface area contributed by atoms with Crippen molar-refractivity contribution in [1.29, 1.82) is 0 Å². The summed E-state index contributed by atoms with van der Waals surface area (Å²) in [6.07, 6.45) is 0. The number of hydrogen-bond donors (Lipinski definition) is 2. The number of hydrogen-bond acceptors (Lipinski definition) is 16. The first-order valence-corrected chi connectivity index (χ1v) is 23.7. The fourth-order valence-corrected chi connectivity index (χ4v) is 10.2. The van der Waals surface area contributed by atoms with Gasteiger partial charge in [0.15, 0.2) is 23.3 Å². The Bertz CT molecular complexity index is 4260. The average molecular weight is 1040 g/mol. The Labute approximate surface area is 490 Å². The van der Waals surface area contributed by atoms with Crippen molar-refractivity contribution >= 4 is 77.3 Å². The molecule has 24 heteroatoms. The van der Waals surface area contributed by atoms with E-state index in [4.69, 9.17) is 29.9 Å². The molecule has 0 spiro atoms. The van der Waals surface area contributed by atoms with E-state index in [1.165, 1.54) is 12.1 Å². The summed E-state index contributed by atoms with van der Waals surface area (Å²) in [7, 11) is -9.99. The molecule has 0 saturated carbocycles. The van der Waals surface area contributed by atoms with Crippen LogP contribution in [-0.4, -0.2) is 89.4 Å². The van der Waals surface area contributed by atoms with E-state index in [-0.39, 0.29) is 205 Å². The van der Waals surface area contributed by atoms with E-state index < -0.39 is 53.7 Å². The maximum Gasteiger partial charge on any atom is 1.00 e. The van der Waals surface area contributed by atoms with Gasteiger partial charge in [0.25, 0.3) is 23.6 Å². The van der Waals surface area contributed by atoms with Crippen molar-refractivity contribution in [3.63, 3.8) is 0 Å². The van der Waals surface area contributed by atoms with E-state index in [1.807, 2.05) is 0 Å². The smallest absolute Gasteiger partial charge is 0.744 e. The van der Waals surface area contributed by atoms with Crippen molar-refractivity contribution in [2.45, 2.75) is 9.79 Å². The second-order valence-electron chi connectivity index (χ2n) is 16.4. The summed E-state index contributed by atoms with van der Waals surface area (Å²) in [4.78, 5) is 91.0. The minimum Gasteiger partial charge on any atom is -0.744 e. The SMILES string of the molecule is O=C1c2ccccc2C(=O)N1c1ccc2c(c1)-c1nc-2nc2[nH]c(nc3nc([nH]c4nc(n1)-c1ccc(S(=O)(=O)[O-])cc1-4)-c1ccc(S(=O)(=O)[O-])cc1-3)c1ccc(N3C(=O)c4ccccc4C3=O)cc21.[K+].[K+]. The number of rotatable bonds is 4. The van der Waals surface area contributed by atoms with Gasteiger partial charge in [-0.05, 0) is 97.1 Å². The van der Waals surface area contributed by atoms with Crippen LogP contribution in [0.3, 0.4) is 0 Å². The van der Waals surface area contributed by atoms with Gasteiger partial charge in [-0.3, -0.25) is 19.2 Å². The Morgan fingerprint density at radius 2 is 0.778 bits per heavy atom. The van der Waals surface area contributed by atoms with Gasteiger partial charge in [-0.25, -0.2) is 56.5 Å². The van der Waals surface area contributed by atoms with Gasteiger partial charge in [-0.2, -0.15) is 0 Å². The van der Waals surface area contributed by atoms with Crippen LogP contribution in [0.4, 0.5) is 11.4 Å². The molecule has 2 N–H and O–H groups in total. The number of carbonyl (C=O) groups is 4. The Balaban J connectivity index is 0.00000280. The number of H-pyrrole nitrogens is 2. The van der Waals surface area contributed by atoms with Crippen molar-refractivity contribution < 1.29 is 148 Å². The Morgan fingerprint density at radius 3 is 1.33 bits per heavy atom. The van der Waals surface area contributed by atoms with Gasteiger partial charge in [0.05, 0.1) is 43.4 Å². The van der Waals surface area contributed by atoms with Gasteiger partial charge in [0.1, 0.15) is 43.2 Å².